The van der Waals surface area contributed by atoms with E-state index in [2.05, 4.69) is 15.0 Å². The van der Waals surface area contributed by atoms with Gasteiger partial charge in [0.2, 0.25) is 0 Å². The molecule has 30 heavy (non-hydrogen) atoms. The third kappa shape index (κ3) is 4.14. The fourth-order valence-corrected chi connectivity index (χ4v) is 3.04. The zero-order chi connectivity index (χ0) is 21.8. The summed E-state index contributed by atoms with van der Waals surface area (Å²) in [6, 6.07) is 8.58. The van der Waals surface area contributed by atoms with Crippen LogP contribution in [0.3, 0.4) is 0 Å². The van der Waals surface area contributed by atoms with Gasteiger partial charge in [0.1, 0.15) is 11.6 Å². The predicted molar refractivity (Wildman–Crippen MR) is 107 cm³/mol. The smallest absolute Gasteiger partial charge is 0.340 e. The van der Waals surface area contributed by atoms with Gasteiger partial charge >= 0.3 is 11.9 Å². The number of aromatic nitrogens is 2. The maximum Gasteiger partial charge on any atom is 0.340 e. The molecule has 0 saturated heterocycles. The van der Waals surface area contributed by atoms with Crippen LogP contribution in [-0.4, -0.2) is 41.6 Å². The molecule has 0 aliphatic heterocycles. The molecule has 0 atom stereocenters. The number of ether oxygens (including phenoxy) is 2. The molecule has 0 radical (unpaired) electrons. The van der Waals surface area contributed by atoms with Gasteiger partial charge in [-0.05, 0) is 24.3 Å². The second kappa shape index (κ2) is 8.73. The number of nitrogens with one attached hydrogen (secondary N) is 1. The van der Waals surface area contributed by atoms with Gasteiger partial charge in [-0.2, -0.15) is 0 Å². The van der Waals surface area contributed by atoms with Crippen LogP contribution in [0.5, 0.6) is 0 Å². The lowest BCUT2D eigenvalue weighted by atomic mass is 10.1. The minimum atomic E-state index is -0.703. The van der Waals surface area contributed by atoms with Crippen molar-refractivity contribution in [2.24, 2.45) is 7.05 Å². The Hall–Kier alpha value is -3.75. The molecule has 0 fully saturated rings. The number of esters is 2. The molecule has 3 aromatic rings. The maximum absolute atomic E-state index is 14.0. The molecule has 3 rings (SSSR count). The number of anilines is 1. The van der Waals surface area contributed by atoms with Crippen molar-refractivity contribution in [1.29, 1.82) is 0 Å². The summed E-state index contributed by atoms with van der Waals surface area (Å²) in [5, 5.41) is 2.58. The lowest BCUT2D eigenvalue weighted by Crippen LogP contribution is -2.17. The van der Waals surface area contributed by atoms with Crippen molar-refractivity contribution < 1.29 is 28.2 Å². The number of hydrogen-bond acceptors (Lipinski definition) is 6. The predicted octanol–water partition coefficient (Wildman–Crippen LogP) is 2.86. The van der Waals surface area contributed by atoms with E-state index in [9.17, 15) is 18.8 Å². The summed E-state index contributed by atoms with van der Waals surface area (Å²) in [6.45, 7) is 0. The van der Waals surface area contributed by atoms with Crippen molar-refractivity contribution in [3.63, 3.8) is 0 Å². The largest absolute Gasteiger partial charge is 0.469 e. The summed E-state index contributed by atoms with van der Waals surface area (Å²) in [6.07, 6.45) is 0.483. The van der Waals surface area contributed by atoms with Crippen LogP contribution in [0.15, 0.2) is 36.4 Å². The maximum atomic E-state index is 14.0. The molecule has 0 spiro atoms. The van der Waals surface area contributed by atoms with E-state index in [1.54, 1.807) is 17.7 Å². The molecule has 2 aromatic carbocycles. The molecule has 8 nitrogen and oxygen atoms in total. The van der Waals surface area contributed by atoms with Gasteiger partial charge in [-0.1, -0.05) is 12.1 Å². The molecule has 0 bridgehead atoms. The molecule has 1 heterocycles. The number of hydrogen-bond donors (Lipinski definition) is 1. The van der Waals surface area contributed by atoms with Gasteiger partial charge in [-0.25, -0.2) is 14.2 Å². The molecule has 0 aliphatic carbocycles. The molecule has 156 valence electrons. The highest BCUT2D eigenvalue weighted by Crippen LogP contribution is 2.26. The molecular weight excluding hydrogens is 393 g/mol. The highest BCUT2D eigenvalue weighted by Gasteiger charge is 2.20. The van der Waals surface area contributed by atoms with E-state index in [1.807, 2.05) is 0 Å². The number of halogens is 1. The first-order valence-corrected chi connectivity index (χ1v) is 9.06. The average Bonchev–Trinajstić information content (AvgIpc) is 3.05. The molecule has 1 N–H and O–H groups in total. The summed E-state index contributed by atoms with van der Waals surface area (Å²) < 4.78 is 25.2. The Bertz CT molecular complexity index is 1140. The number of nitrogens with zero attached hydrogens (tertiary/aromatic N) is 2. The first-order valence-electron chi connectivity index (χ1n) is 9.06. The summed E-state index contributed by atoms with van der Waals surface area (Å²) >= 11 is 0. The van der Waals surface area contributed by atoms with Crippen LogP contribution >= 0.6 is 0 Å². The Labute approximate surface area is 171 Å². The summed E-state index contributed by atoms with van der Waals surface area (Å²) in [5.74, 6) is -1.83. The van der Waals surface area contributed by atoms with E-state index in [1.165, 1.54) is 44.6 Å². The number of benzene rings is 2. The highest BCUT2D eigenvalue weighted by atomic mass is 19.1. The van der Waals surface area contributed by atoms with E-state index < -0.39 is 17.7 Å². The van der Waals surface area contributed by atoms with Crippen molar-refractivity contribution in [3.05, 3.63) is 59.2 Å². The second-order valence-electron chi connectivity index (χ2n) is 6.48. The number of rotatable bonds is 6. The Morgan fingerprint density at radius 2 is 1.83 bits per heavy atom. The third-order valence-corrected chi connectivity index (χ3v) is 4.67. The fraction of sp³-hybridized carbons (Fsp3) is 0.238. The Kier molecular flexibility index (Phi) is 6.10. The van der Waals surface area contributed by atoms with Crippen LogP contribution < -0.4 is 5.32 Å². The second-order valence-corrected chi connectivity index (χ2v) is 6.48. The minimum absolute atomic E-state index is 0.0762. The van der Waals surface area contributed by atoms with Gasteiger partial charge in [-0.15, -0.1) is 0 Å². The number of fused-ring (bicyclic) bond motifs is 1. The first-order chi connectivity index (χ1) is 14.3. The van der Waals surface area contributed by atoms with Crippen LogP contribution in [0.25, 0.3) is 11.0 Å². The van der Waals surface area contributed by atoms with Crippen LogP contribution in [0, 0.1) is 5.82 Å². The summed E-state index contributed by atoms with van der Waals surface area (Å²) in [5.41, 5.74) is 1.18. The number of imidazole rings is 1. The standard InChI is InChI=1S/C21H20FN3O5/c1-25-17-11-15(24-20(27)12-6-4-5-7-14(12)22)13(21(28)30-3)10-16(17)23-18(25)8-9-19(26)29-2/h4-7,10-11H,8-9H2,1-3H3,(H,24,27). The van der Waals surface area contributed by atoms with Gasteiger partial charge in [0.25, 0.3) is 5.91 Å². The molecular formula is C21H20FN3O5. The lowest BCUT2D eigenvalue weighted by molar-refractivity contribution is -0.140. The molecule has 1 amide bonds. The summed E-state index contributed by atoms with van der Waals surface area (Å²) in [7, 11) is 4.28. The van der Waals surface area contributed by atoms with Gasteiger partial charge in [-0.3, -0.25) is 9.59 Å². The highest BCUT2D eigenvalue weighted by molar-refractivity contribution is 6.10. The van der Waals surface area contributed by atoms with Crippen molar-refractivity contribution in [3.8, 4) is 0 Å². The Balaban J connectivity index is 2.02. The Morgan fingerprint density at radius 3 is 2.50 bits per heavy atom. The van der Waals surface area contributed by atoms with Crippen LogP contribution in [-0.2, 0) is 27.7 Å². The number of aryl methyl sites for hydroxylation is 2. The number of carbonyl (C=O) groups excluding carboxylic acids is 3. The molecule has 9 heteroatoms. The van der Waals surface area contributed by atoms with Crippen LogP contribution in [0.2, 0.25) is 0 Å². The van der Waals surface area contributed by atoms with Crippen molar-refractivity contribution in [1.82, 2.24) is 9.55 Å². The van der Waals surface area contributed by atoms with E-state index in [0.717, 1.165) is 0 Å². The SMILES string of the molecule is COC(=O)CCc1nc2cc(C(=O)OC)c(NC(=O)c3ccccc3F)cc2n1C. The Morgan fingerprint density at radius 1 is 1.10 bits per heavy atom. The van der Waals surface area contributed by atoms with Crippen LogP contribution in [0.4, 0.5) is 10.1 Å². The number of carbonyl (C=O) groups is 3. The van der Waals surface area contributed by atoms with Crippen LogP contribution in [0.1, 0.15) is 33.0 Å². The molecule has 0 unspecified atom stereocenters. The van der Waals surface area contributed by atoms with Gasteiger partial charge in [0.15, 0.2) is 0 Å². The number of amides is 1. The third-order valence-electron chi connectivity index (χ3n) is 4.67. The molecule has 0 saturated carbocycles. The van der Waals surface area contributed by atoms with E-state index in [0.29, 0.717) is 23.3 Å². The monoisotopic (exact) mass is 413 g/mol. The lowest BCUT2D eigenvalue weighted by Gasteiger charge is -2.11. The molecule has 1 aromatic heterocycles. The van der Waals surface area contributed by atoms with E-state index >= 15 is 0 Å². The minimum Gasteiger partial charge on any atom is -0.469 e. The summed E-state index contributed by atoms with van der Waals surface area (Å²) in [4.78, 5) is 40.7. The zero-order valence-electron chi connectivity index (χ0n) is 16.7. The first kappa shape index (κ1) is 21.0. The average molecular weight is 413 g/mol. The van der Waals surface area contributed by atoms with Crippen molar-refractivity contribution in [2.45, 2.75) is 12.8 Å². The normalized spacial score (nSPS) is 10.7. The number of methoxy groups -OCH3 is 2. The van der Waals surface area contributed by atoms with Crippen molar-refractivity contribution in [2.75, 3.05) is 19.5 Å². The zero-order valence-corrected chi connectivity index (χ0v) is 16.7. The van der Waals surface area contributed by atoms with E-state index in [4.69, 9.17) is 4.74 Å². The van der Waals surface area contributed by atoms with E-state index in [-0.39, 0.29) is 29.2 Å². The fourth-order valence-electron chi connectivity index (χ4n) is 3.04. The topological polar surface area (TPSA) is 99.5 Å². The van der Waals surface area contributed by atoms with Gasteiger partial charge < -0.3 is 19.4 Å². The van der Waals surface area contributed by atoms with Gasteiger partial charge in [0.05, 0.1) is 48.5 Å². The quantitative estimate of drug-likeness (QED) is 0.624. The molecule has 0 aliphatic rings. The van der Waals surface area contributed by atoms with Gasteiger partial charge in [0, 0.05) is 13.5 Å². The van der Waals surface area contributed by atoms with Crippen molar-refractivity contribution >= 4 is 34.6 Å².